The van der Waals surface area contributed by atoms with Crippen LogP contribution in [0.5, 0.6) is 0 Å². The van der Waals surface area contributed by atoms with E-state index in [1.54, 1.807) is 0 Å². The molecule has 1 atom stereocenters. The molecule has 0 saturated carbocycles. The van der Waals surface area contributed by atoms with Crippen LogP contribution in [0, 0.1) is 0 Å². The Morgan fingerprint density at radius 1 is 1.33 bits per heavy atom. The molecule has 9 heavy (non-hydrogen) atoms. The van der Waals surface area contributed by atoms with Gasteiger partial charge in [-0.3, -0.25) is 0 Å². The van der Waals surface area contributed by atoms with Crippen LogP contribution in [-0.4, -0.2) is 20.1 Å². The summed E-state index contributed by atoms with van der Waals surface area (Å²) in [4.78, 5) is 0. The zero-order valence-corrected chi connectivity index (χ0v) is 5.33. The quantitative estimate of drug-likeness (QED) is 0.566. The summed E-state index contributed by atoms with van der Waals surface area (Å²) in [5.41, 5.74) is 0. The zero-order valence-electron chi connectivity index (χ0n) is 4.51. The maximum atomic E-state index is 11.5. The van der Waals surface area contributed by atoms with Gasteiger partial charge < -0.3 is 0 Å². The molecule has 0 aliphatic heterocycles. The predicted octanol–water partition coefficient (Wildman–Crippen LogP) is 0.939. The Bertz CT molecular complexity index is 173. The highest BCUT2D eigenvalue weighted by molar-refractivity contribution is 7.87. The van der Waals surface area contributed by atoms with E-state index in [9.17, 15) is 21.1 Å². The van der Waals surface area contributed by atoms with Crippen LogP contribution in [-0.2, 0) is 10.2 Å². The van der Waals surface area contributed by atoms with Gasteiger partial charge in [0.1, 0.15) is 5.25 Å². The third kappa shape index (κ3) is 2.69. The van der Waals surface area contributed by atoms with Crippen molar-refractivity contribution in [2.45, 2.75) is 18.6 Å². The van der Waals surface area contributed by atoms with Gasteiger partial charge in [0.15, 0.2) is 0 Å². The van der Waals surface area contributed by atoms with E-state index in [0.29, 0.717) is 6.92 Å². The zero-order chi connectivity index (χ0) is 7.65. The molecule has 56 valence electrons. The smallest absolute Gasteiger partial charge is 0.209 e. The van der Waals surface area contributed by atoms with E-state index in [-0.39, 0.29) is 0 Å². The summed E-state index contributed by atoms with van der Waals surface area (Å²) >= 11 is 0. The topological polar surface area (TPSA) is 34.1 Å². The van der Waals surface area contributed by atoms with Crippen molar-refractivity contribution in [1.82, 2.24) is 0 Å². The number of alkyl halides is 2. The first-order chi connectivity index (χ1) is 3.85. The molecule has 0 N–H and O–H groups in total. The van der Waals surface area contributed by atoms with Crippen LogP contribution in [0.15, 0.2) is 0 Å². The summed E-state index contributed by atoms with van der Waals surface area (Å²) in [7, 11) is -5.05. The molecule has 0 radical (unpaired) electrons. The Morgan fingerprint density at radius 2 is 1.67 bits per heavy atom. The molecule has 0 aromatic rings. The van der Waals surface area contributed by atoms with E-state index in [0.717, 1.165) is 0 Å². The molecule has 2 nitrogen and oxygen atoms in total. The molecule has 0 heterocycles. The average molecular weight is 162 g/mol. The SMILES string of the molecule is CC(C(F)F)S(=O)(=O)F. The first kappa shape index (κ1) is 8.74. The molecule has 1 unspecified atom stereocenters. The van der Waals surface area contributed by atoms with Crippen molar-refractivity contribution in [1.29, 1.82) is 0 Å². The molecular weight excluding hydrogens is 157 g/mol. The third-order valence-corrected chi connectivity index (χ3v) is 1.89. The van der Waals surface area contributed by atoms with Crippen LogP contribution in [0.2, 0.25) is 0 Å². The van der Waals surface area contributed by atoms with E-state index in [1.807, 2.05) is 0 Å². The third-order valence-electron chi connectivity index (χ3n) is 0.799. The summed E-state index contributed by atoms with van der Waals surface area (Å²) in [6.07, 6.45) is -3.15. The predicted molar refractivity (Wildman–Crippen MR) is 25.5 cm³/mol. The fraction of sp³-hybridized carbons (Fsp3) is 1.00. The number of rotatable bonds is 2. The molecule has 0 aromatic carbocycles. The Balaban J connectivity index is 4.24. The van der Waals surface area contributed by atoms with E-state index in [2.05, 4.69) is 0 Å². The van der Waals surface area contributed by atoms with Crippen molar-refractivity contribution in [3.63, 3.8) is 0 Å². The monoisotopic (exact) mass is 162 g/mol. The minimum absolute atomic E-state index is 0.611. The van der Waals surface area contributed by atoms with Gasteiger partial charge in [0.25, 0.3) is 6.43 Å². The number of hydrogen-bond acceptors (Lipinski definition) is 2. The molecule has 0 rings (SSSR count). The fourth-order valence-electron chi connectivity index (χ4n) is 0.123. The van der Waals surface area contributed by atoms with Crippen molar-refractivity contribution < 1.29 is 21.1 Å². The van der Waals surface area contributed by atoms with E-state index < -0.39 is 21.9 Å². The summed E-state index contributed by atoms with van der Waals surface area (Å²) < 4.78 is 53.4. The molecule has 0 spiro atoms. The van der Waals surface area contributed by atoms with Crippen LogP contribution in [0.25, 0.3) is 0 Å². The maximum absolute atomic E-state index is 11.5. The van der Waals surface area contributed by atoms with Crippen molar-refractivity contribution in [2.75, 3.05) is 0 Å². The van der Waals surface area contributed by atoms with Gasteiger partial charge in [-0.1, -0.05) is 0 Å². The molecule has 0 fully saturated rings. The molecular formula is C3H5F3O2S. The Labute approximate surface area is 50.9 Å². The molecule has 6 heteroatoms. The summed E-state index contributed by atoms with van der Waals surface area (Å²) in [6.45, 7) is 0.611. The van der Waals surface area contributed by atoms with Gasteiger partial charge in [-0.15, -0.1) is 3.89 Å². The maximum Gasteiger partial charge on any atom is 0.310 e. The second-order valence-electron chi connectivity index (χ2n) is 1.52. The highest BCUT2D eigenvalue weighted by Crippen LogP contribution is 2.11. The normalized spacial score (nSPS) is 16.1. The minimum Gasteiger partial charge on any atom is -0.209 e. The largest absolute Gasteiger partial charge is 0.310 e. The van der Waals surface area contributed by atoms with Crippen LogP contribution >= 0.6 is 0 Å². The van der Waals surface area contributed by atoms with E-state index in [4.69, 9.17) is 0 Å². The Morgan fingerprint density at radius 3 is 1.67 bits per heavy atom. The molecule has 0 aliphatic rings. The summed E-state index contributed by atoms with van der Waals surface area (Å²) in [6, 6.07) is 0. The molecule has 0 amide bonds. The summed E-state index contributed by atoms with van der Waals surface area (Å²) in [5, 5.41) is -2.21. The van der Waals surface area contributed by atoms with Gasteiger partial charge in [-0.05, 0) is 6.92 Å². The van der Waals surface area contributed by atoms with Crippen LogP contribution in [0.1, 0.15) is 6.92 Å². The van der Waals surface area contributed by atoms with Crippen LogP contribution < -0.4 is 0 Å². The first-order valence-electron chi connectivity index (χ1n) is 2.07. The lowest BCUT2D eigenvalue weighted by molar-refractivity contribution is 0.145. The fourth-order valence-corrected chi connectivity index (χ4v) is 0.369. The van der Waals surface area contributed by atoms with Crippen molar-refractivity contribution in [2.24, 2.45) is 0 Å². The van der Waals surface area contributed by atoms with Gasteiger partial charge in [-0.25, -0.2) is 8.78 Å². The standard InChI is InChI=1S/C3H5F3O2S/c1-2(3(4)5)9(6,7)8/h2-3H,1H3. The van der Waals surface area contributed by atoms with Gasteiger partial charge in [0.2, 0.25) is 0 Å². The van der Waals surface area contributed by atoms with Crippen LogP contribution in [0.4, 0.5) is 12.7 Å². The summed E-state index contributed by atoms with van der Waals surface area (Å²) in [5.74, 6) is 0. The Kier molecular flexibility index (Phi) is 2.48. The number of halogens is 3. The van der Waals surface area contributed by atoms with Gasteiger partial charge in [0, 0.05) is 0 Å². The van der Waals surface area contributed by atoms with Gasteiger partial charge in [0.05, 0.1) is 0 Å². The highest BCUT2D eigenvalue weighted by atomic mass is 32.3. The minimum atomic E-state index is -5.05. The van der Waals surface area contributed by atoms with Gasteiger partial charge in [-0.2, -0.15) is 8.42 Å². The van der Waals surface area contributed by atoms with Crippen molar-refractivity contribution in [3.8, 4) is 0 Å². The van der Waals surface area contributed by atoms with Crippen molar-refractivity contribution >= 4 is 10.2 Å². The molecule has 0 aromatic heterocycles. The molecule has 0 aliphatic carbocycles. The number of hydrogen-bond donors (Lipinski definition) is 0. The lowest BCUT2D eigenvalue weighted by atomic mass is 10.5. The molecule has 0 bridgehead atoms. The lowest BCUT2D eigenvalue weighted by Crippen LogP contribution is -2.21. The highest BCUT2D eigenvalue weighted by Gasteiger charge is 2.28. The first-order valence-corrected chi connectivity index (χ1v) is 3.52. The van der Waals surface area contributed by atoms with E-state index >= 15 is 0 Å². The second-order valence-corrected chi connectivity index (χ2v) is 3.21. The molecule has 0 saturated heterocycles. The lowest BCUT2D eigenvalue weighted by Gasteiger charge is -2.01. The van der Waals surface area contributed by atoms with Crippen LogP contribution in [0.3, 0.4) is 0 Å². The second kappa shape index (κ2) is 2.55. The Hall–Kier alpha value is -0.260. The van der Waals surface area contributed by atoms with Gasteiger partial charge >= 0.3 is 10.2 Å². The average Bonchev–Trinajstić information content (AvgIpc) is 1.62. The van der Waals surface area contributed by atoms with Crippen molar-refractivity contribution in [3.05, 3.63) is 0 Å². The van der Waals surface area contributed by atoms with E-state index in [1.165, 1.54) is 0 Å².